The van der Waals surface area contributed by atoms with Crippen molar-refractivity contribution in [2.75, 3.05) is 0 Å². The van der Waals surface area contributed by atoms with E-state index in [1.54, 1.807) is 6.92 Å². The van der Waals surface area contributed by atoms with Gasteiger partial charge >= 0.3 is 5.97 Å². The number of nitrogens with zero attached hydrogens (tertiary/aromatic N) is 2. The summed E-state index contributed by atoms with van der Waals surface area (Å²) in [7, 11) is 0. The highest BCUT2D eigenvalue weighted by Crippen LogP contribution is 2.52. The maximum Gasteiger partial charge on any atom is 0.354 e. The Morgan fingerprint density at radius 2 is 1.95 bits per heavy atom. The van der Waals surface area contributed by atoms with Crippen LogP contribution in [0.5, 0.6) is 0 Å². The fourth-order valence-corrected chi connectivity index (χ4v) is 3.02. The Labute approximate surface area is 118 Å². The Morgan fingerprint density at radius 3 is 2.33 bits per heavy atom. The first-order valence-corrected chi connectivity index (χ1v) is 6.41. The molecule has 1 saturated carbocycles. The van der Waals surface area contributed by atoms with Crippen molar-refractivity contribution in [3.8, 4) is 0 Å². The number of carboxylic acid groups (broad SMARTS) is 1. The summed E-state index contributed by atoms with van der Waals surface area (Å²) in [5.74, 6) is -7.47. The van der Waals surface area contributed by atoms with E-state index in [0.29, 0.717) is 6.92 Å². The first-order chi connectivity index (χ1) is 9.35. The lowest BCUT2D eigenvalue weighted by Crippen LogP contribution is -2.47. The van der Waals surface area contributed by atoms with Gasteiger partial charge in [-0.2, -0.15) is 13.9 Å². The Bertz CT molecular complexity index is 582. The lowest BCUT2D eigenvalue weighted by Gasteiger charge is -2.44. The van der Waals surface area contributed by atoms with Gasteiger partial charge in [0.1, 0.15) is 11.4 Å². The van der Waals surface area contributed by atoms with Crippen molar-refractivity contribution in [1.29, 1.82) is 0 Å². The molecule has 0 radical (unpaired) electrons. The van der Waals surface area contributed by atoms with Crippen molar-refractivity contribution in [1.82, 2.24) is 9.78 Å². The highest BCUT2D eigenvalue weighted by Gasteiger charge is 2.54. The lowest BCUT2D eigenvalue weighted by atomic mass is 9.67. The van der Waals surface area contributed by atoms with Crippen LogP contribution in [0, 0.1) is 12.3 Å². The zero-order chi connectivity index (χ0) is 16.2. The highest BCUT2D eigenvalue weighted by molar-refractivity contribution is 5.87. The van der Waals surface area contributed by atoms with Crippen molar-refractivity contribution in [2.24, 2.45) is 5.41 Å². The van der Waals surface area contributed by atoms with Crippen LogP contribution in [0.2, 0.25) is 0 Å². The molecule has 0 saturated heterocycles. The van der Waals surface area contributed by atoms with Crippen molar-refractivity contribution in [3.05, 3.63) is 17.0 Å². The van der Waals surface area contributed by atoms with E-state index in [0.717, 1.165) is 4.68 Å². The van der Waals surface area contributed by atoms with Crippen LogP contribution >= 0.6 is 0 Å². The average Bonchev–Trinajstić information content (AvgIpc) is 2.50. The lowest BCUT2D eigenvalue weighted by molar-refractivity contribution is -0.160. The SMILES string of the molecule is Cc1c(C(C)(F)F)nn(CC2(C)CC(F)(F)C2)c1C(=O)O. The summed E-state index contributed by atoms with van der Waals surface area (Å²) in [5, 5.41) is 12.8. The first kappa shape index (κ1) is 15.8. The molecule has 4 nitrogen and oxygen atoms in total. The van der Waals surface area contributed by atoms with Crippen LogP contribution in [0.15, 0.2) is 0 Å². The second-order valence-electron chi connectivity index (χ2n) is 6.19. The minimum Gasteiger partial charge on any atom is -0.477 e. The number of alkyl halides is 4. The van der Waals surface area contributed by atoms with Gasteiger partial charge < -0.3 is 5.11 Å². The monoisotopic (exact) mass is 308 g/mol. The van der Waals surface area contributed by atoms with Crippen LogP contribution in [0.3, 0.4) is 0 Å². The summed E-state index contributed by atoms with van der Waals surface area (Å²) in [4.78, 5) is 11.2. The van der Waals surface area contributed by atoms with Crippen LogP contribution < -0.4 is 0 Å². The molecule has 21 heavy (non-hydrogen) atoms. The van der Waals surface area contributed by atoms with Crippen molar-refractivity contribution in [2.45, 2.75) is 52.0 Å². The molecule has 0 atom stereocenters. The molecule has 8 heteroatoms. The molecular weight excluding hydrogens is 292 g/mol. The molecule has 1 aliphatic rings. The summed E-state index contributed by atoms with van der Waals surface area (Å²) in [6, 6.07) is 0. The molecule has 118 valence electrons. The Balaban J connectivity index is 2.38. The Morgan fingerprint density at radius 1 is 1.43 bits per heavy atom. The number of hydrogen-bond acceptors (Lipinski definition) is 2. The number of hydrogen-bond donors (Lipinski definition) is 1. The van der Waals surface area contributed by atoms with Crippen LogP contribution in [-0.2, 0) is 12.5 Å². The molecule has 0 amide bonds. The van der Waals surface area contributed by atoms with Crippen molar-refractivity contribution >= 4 is 5.97 Å². The molecule has 1 heterocycles. The van der Waals surface area contributed by atoms with Crippen molar-refractivity contribution < 1.29 is 27.5 Å². The summed E-state index contributed by atoms with van der Waals surface area (Å²) >= 11 is 0. The van der Waals surface area contributed by atoms with Gasteiger partial charge in [0.25, 0.3) is 5.92 Å². The topological polar surface area (TPSA) is 55.1 Å². The van der Waals surface area contributed by atoms with E-state index < -0.39 is 41.8 Å². The quantitative estimate of drug-likeness (QED) is 0.867. The fraction of sp³-hybridized carbons (Fsp3) is 0.692. The molecule has 0 bridgehead atoms. The standard InChI is InChI=1S/C13H16F4N2O2/c1-7-8(10(20)21)19(18-9(7)12(3,14)15)6-11(2)4-13(16,17)5-11/h4-6H2,1-3H3,(H,20,21). The molecule has 1 fully saturated rings. The second-order valence-corrected chi connectivity index (χ2v) is 6.19. The molecule has 0 spiro atoms. The molecule has 0 aliphatic heterocycles. The minimum atomic E-state index is -3.29. The number of rotatable bonds is 4. The molecular formula is C13H16F4N2O2. The molecule has 2 rings (SSSR count). The normalized spacial score (nSPS) is 20.1. The van der Waals surface area contributed by atoms with Crippen LogP contribution in [0.4, 0.5) is 17.6 Å². The third-order valence-corrected chi connectivity index (χ3v) is 3.71. The van der Waals surface area contributed by atoms with Crippen LogP contribution in [-0.4, -0.2) is 26.8 Å². The smallest absolute Gasteiger partial charge is 0.354 e. The number of halogens is 4. The molecule has 1 aromatic heterocycles. The van der Waals surface area contributed by atoms with Gasteiger partial charge in [0, 0.05) is 31.9 Å². The maximum atomic E-state index is 13.4. The molecule has 0 unspecified atom stereocenters. The minimum absolute atomic E-state index is 0.124. The van der Waals surface area contributed by atoms with Crippen LogP contribution in [0.25, 0.3) is 0 Å². The third-order valence-electron chi connectivity index (χ3n) is 3.71. The fourth-order valence-electron chi connectivity index (χ4n) is 3.02. The zero-order valence-electron chi connectivity index (χ0n) is 11.9. The zero-order valence-corrected chi connectivity index (χ0v) is 11.9. The van der Waals surface area contributed by atoms with Gasteiger partial charge in [0.2, 0.25) is 5.92 Å². The Kier molecular flexibility index (Phi) is 3.34. The van der Waals surface area contributed by atoms with Gasteiger partial charge in [-0.25, -0.2) is 13.6 Å². The molecule has 1 N–H and O–H groups in total. The Hall–Kier alpha value is -1.60. The van der Waals surface area contributed by atoms with E-state index >= 15 is 0 Å². The van der Waals surface area contributed by atoms with Gasteiger partial charge in [-0.1, -0.05) is 6.92 Å². The molecule has 0 aromatic carbocycles. The summed E-state index contributed by atoms with van der Waals surface area (Å²) in [6.45, 7) is 3.31. The van der Waals surface area contributed by atoms with E-state index in [1.165, 1.54) is 6.92 Å². The molecule has 1 aliphatic carbocycles. The summed E-state index contributed by atoms with van der Waals surface area (Å²) < 4.78 is 53.8. The summed E-state index contributed by atoms with van der Waals surface area (Å²) in [5.41, 5.74) is -1.98. The van der Waals surface area contributed by atoms with E-state index in [-0.39, 0.29) is 17.8 Å². The average molecular weight is 308 g/mol. The largest absolute Gasteiger partial charge is 0.477 e. The van der Waals surface area contributed by atoms with Crippen molar-refractivity contribution in [3.63, 3.8) is 0 Å². The third kappa shape index (κ3) is 2.89. The highest BCUT2D eigenvalue weighted by atomic mass is 19.3. The van der Waals surface area contributed by atoms with Gasteiger partial charge in [-0.15, -0.1) is 0 Å². The van der Waals surface area contributed by atoms with E-state index in [1.807, 2.05) is 0 Å². The maximum absolute atomic E-state index is 13.4. The predicted molar refractivity (Wildman–Crippen MR) is 65.8 cm³/mol. The number of carbonyl (C=O) groups is 1. The number of carboxylic acids is 1. The summed E-state index contributed by atoms with van der Waals surface area (Å²) in [6.07, 6.45) is -0.814. The second kappa shape index (κ2) is 4.45. The number of aromatic nitrogens is 2. The number of aromatic carboxylic acids is 1. The first-order valence-electron chi connectivity index (χ1n) is 6.41. The van der Waals surface area contributed by atoms with Crippen LogP contribution in [0.1, 0.15) is 48.4 Å². The van der Waals surface area contributed by atoms with Gasteiger partial charge in [0.05, 0.1) is 0 Å². The van der Waals surface area contributed by atoms with E-state index in [2.05, 4.69) is 5.10 Å². The van der Waals surface area contributed by atoms with E-state index in [9.17, 15) is 22.4 Å². The van der Waals surface area contributed by atoms with E-state index in [4.69, 9.17) is 5.11 Å². The predicted octanol–water partition coefficient (Wildman–Crippen LogP) is 3.44. The molecule has 1 aromatic rings. The van der Waals surface area contributed by atoms with Gasteiger partial charge in [-0.05, 0) is 12.3 Å². The van der Waals surface area contributed by atoms with Gasteiger partial charge in [-0.3, -0.25) is 4.68 Å². The van der Waals surface area contributed by atoms with Gasteiger partial charge in [0.15, 0.2) is 0 Å².